The predicted octanol–water partition coefficient (Wildman–Crippen LogP) is 3.43. The van der Waals surface area contributed by atoms with Gasteiger partial charge in [0, 0.05) is 24.9 Å². The van der Waals surface area contributed by atoms with Crippen LogP contribution in [-0.4, -0.2) is 29.2 Å². The number of rotatable bonds is 6. The zero-order valence-corrected chi connectivity index (χ0v) is 15.6. The molecule has 0 spiro atoms. The molecule has 6 heteroatoms. The summed E-state index contributed by atoms with van der Waals surface area (Å²) >= 11 is 0. The number of fused-ring (bicyclic) bond motifs is 1. The van der Waals surface area contributed by atoms with Crippen molar-refractivity contribution in [2.75, 3.05) is 13.2 Å². The highest BCUT2D eigenvalue weighted by atomic mass is 16.5. The number of carbonyl (C=O) groups is 1. The number of nitrogens with one attached hydrogen (secondary N) is 1. The molecule has 2 heterocycles. The summed E-state index contributed by atoms with van der Waals surface area (Å²) in [5, 5.41) is 7.02. The van der Waals surface area contributed by atoms with E-state index in [1.165, 1.54) is 5.56 Å². The number of hydrogen-bond acceptors (Lipinski definition) is 5. The van der Waals surface area contributed by atoms with Gasteiger partial charge in [-0.15, -0.1) is 0 Å². The number of nitrogens with zero attached hydrogens (tertiary/aromatic N) is 2. The van der Waals surface area contributed by atoms with Crippen molar-refractivity contribution in [3.8, 4) is 17.1 Å². The number of para-hydroxylation sites is 1. The minimum Gasteiger partial charge on any atom is -0.493 e. The molecule has 28 heavy (non-hydrogen) atoms. The molecule has 0 radical (unpaired) electrons. The normalized spacial score (nSPS) is 15.9. The lowest BCUT2D eigenvalue weighted by atomic mass is 9.97. The van der Waals surface area contributed by atoms with Gasteiger partial charge in [0.2, 0.25) is 17.6 Å². The van der Waals surface area contributed by atoms with Gasteiger partial charge in [-0.2, -0.15) is 4.98 Å². The Balaban J connectivity index is 1.25. The van der Waals surface area contributed by atoms with E-state index in [-0.39, 0.29) is 5.91 Å². The summed E-state index contributed by atoms with van der Waals surface area (Å²) in [7, 11) is 0. The Morgan fingerprint density at radius 3 is 2.82 bits per heavy atom. The highest BCUT2D eigenvalue weighted by Crippen LogP contribution is 2.26. The molecule has 4 rings (SSSR count). The first kappa shape index (κ1) is 18.2. The first-order valence-electron chi connectivity index (χ1n) is 9.63. The predicted molar refractivity (Wildman–Crippen MR) is 105 cm³/mol. The fraction of sp³-hybridized carbons (Fsp3) is 0.318. The van der Waals surface area contributed by atoms with Gasteiger partial charge in [0.1, 0.15) is 5.75 Å². The average molecular weight is 377 g/mol. The second-order valence-electron chi connectivity index (χ2n) is 7.00. The van der Waals surface area contributed by atoms with Gasteiger partial charge in [0.15, 0.2) is 0 Å². The summed E-state index contributed by atoms with van der Waals surface area (Å²) in [6.07, 6.45) is 2.61. The van der Waals surface area contributed by atoms with Gasteiger partial charge in [-0.05, 0) is 30.4 Å². The van der Waals surface area contributed by atoms with Crippen molar-refractivity contribution in [3.05, 3.63) is 66.1 Å². The third-order valence-corrected chi connectivity index (χ3v) is 4.92. The topological polar surface area (TPSA) is 77.2 Å². The minimum absolute atomic E-state index is 0.00193. The molecule has 0 saturated carbocycles. The zero-order valence-electron chi connectivity index (χ0n) is 15.6. The monoisotopic (exact) mass is 377 g/mol. The number of benzene rings is 2. The quantitative estimate of drug-likeness (QED) is 0.712. The Hall–Kier alpha value is -3.15. The van der Waals surface area contributed by atoms with E-state index < -0.39 is 0 Å². The number of ether oxygens (including phenoxy) is 1. The lowest BCUT2D eigenvalue weighted by Crippen LogP contribution is -2.30. The molecule has 3 aromatic rings. The smallest absolute Gasteiger partial charge is 0.227 e. The Morgan fingerprint density at radius 2 is 1.93 bits per heavy atom. The first-order valence-corrected chi connectivity index (χ1v) is 9.63. The van der Waals surface area contributed by atoms with Crippen LogP contribution in [0.1, 0.15) is 24.3 Å². The Kier molecular flexibility index (Phi) is 5.66. The van der Waals surface area contributed by atoms with Gasteiger partial charge < -0.3 is 14.6 Å². The van der Waals surface area contributed by atoms with Crippen LogP contribution in [0.15, 0.2) is 59.1 Å². The van der Waals surface area contributed by atoms with Gasteiger partial charge >= 0.3 is 0 Å². The summed E-state index contributed by atoms with van der Waals surface area (Å²) in [6.45, 7) is 1.33. The van der Waals surface area contributed by atoms with E-state index in [0.717, 1.165) is 24.2 Å². The zero-order chi connectivity index (χ0) is 19.2. The molecular formula is C22H23N3O3. The van der Waals surface area contributed by atoms with Gasteiger partial charge in [0.05, 0.1) is 6.61 Å². The number of carbonyl (C=O) groups excluding carboxylic acids is 1. The molecule has 1 N–H and O–H groups in total. The van der Waals surface area contributed by atoms with Crippen LogP contribution >= 0.6 is 0 Å². The highest BCUT2D eigenvalue weighted by Gasteiger charge is 2.18. The van der Waals surface area contributed by atoms with Crippen molar-refractivity contribution in [1.29, 1.82) is 0 Å². The second kappa shape index (κ2) is 8.69. The van der Waals surface area contributed by atoms with E-state index in [1.54, 1.807) is 0 Å². The Morgan fingerprint density at radius 1 is 1.11 bits per heavy atom. The second-order valence-corrected chi connectivity index (χ2v) is 7.00. The van der Waals surface area contributed by atoms with Crippen molar-refractivity contribution in [1.82, 2.24) is 15.5 Å². The molecule has 6 nitrogen and oxygen atoms in total. The maximum Gasteiger partial charge on any atom is 0.227 e. The van der Waals surface area contributed by atoms with E-state index in [1.807, 2.05) is 48.5 Å². The van der Waals surface area contributed by atoms with Crippen molar-refractivity contribution < 1.29 is 14.1 Å². The standard InChI is InChI=1S/C22H23N3O3/c26-20(10-11-21-24-22(25-28-21)17-6-2-1-3-7-17)23-15-16-12-13-27-19-9-5-4-8-18(19)14-16/h1-9,16H,10-15H2,(H,23,26). The summed E-state index contributed by atoms with van der Waals surface area (Å²) in [5.74, 6) is 2.36. The van der Waals surface area contributed by atoms with Gasteiger partial charge in [-0.1, -0.05) is 53.7 Å². The van der Waals surface area contributed by atoms with Gasteiger partial charge in [0.25, 0.3) is 0 Å². The molecule has 1 unspecified atom stereocenters. The number of aromatic nitrogens is 2. The molecule has 2 aromatic carbocycles. The molecule has 0 aliphatic carbocycles. The van der Waals surface area contributed by atoms with E-state index in [0.29, 0.717) is 43.6 Å². The van der Waals surface area contributed by atoms with Gasteiger partial charge in [-0.3, -0.25) is 4.79 Å². The Labute approximate surface area is 163 Å². The SMILES string of the molecule is O=C(CCc1nc(-c2ccccc2)no1)NCC1CCOc2ccccc2C1. The molecule has 1 amide bonds. The lowest BCUT2D eigenvalue weighted by Gasteiger charge is -2.14. The molecular weight excluding hydrogens is 354 g/mol. The van der Waals surface area contributed by atoms with Crippen molar-refractivity contribution in [2.24, 2.45) is 5.92 Å². The van der Waals surface area contributed by atoms with Crippen LogP contribution in [0.3, 0.4) is 0 Å². The maximum absolute atomic E-state index is 12.2. The molecule has 1 aliphatic rings. The minimum atomic E-state index is -0.00193. The van der Waals surface area contributed by atoms with Crippen LogP contribution < -0.4 is 10.1 Å². The molecule has 144 valence electrons. The molecule has 0 saturated heterocycles. The molecule has 0 bridgehead atoms. The van der Waals surface area contributed by atoms with Crippen LogP contribution in [0.4, 0.5) is 0 Å². The van der Waals surface area contributed by atoms with E-state index in [9.17, 15) is 4.79 Å². The van der Waals surface area contributed by atoms with E-state index in [2.05, 4.69) is 21.5 Å². The highest BCUT2D eigenvalue weighted by molar-refractivity contribution is 5.76. The van der Waals surface area contributed by atoms with Crippen LogP contribution in [0.5, 0.6) is 5.75 Å². The number of amides is 1. The van der Waals surface area contributed by atoms with Crippen molar-refractivity contribution in [2.45, 2.75) is 25.7 Å². The largest absolute Gasteiger partial charge is 0.493 e. The van der Waals surface area contributed by atoms with E-state index >= 15 is 0 Å². The van der Waals surface area contributed by atoms with Crippen LogP contribution in [0.2, 0.25) is 0 Å². The number of aryl methyl sites for hydroxylation is 1. The molecule has 0 fully saturated rings. The summed E-state index contributed by atoms with van der Waals surface area (Å²) in [5.41, 5.74) is 2.11. The van der Waals surface area contributed by atoms with Crippen LogP contribution in [0, 0.1) is 5.92 Å². The van der Waals surface area contributed by atoms with Crippen LogP contribution in [0.25, 0.3) is 11.4 Å². The van der Waals surface area contributed by atoms with Gasteiger partial charge in [-0.25, -0.2) is 0 Å². The third kappa shape index (κ3) is 4.57. The fourth-order valence-corrected chi connectivity index (χ4v) is 3.36. The first-order chi connectivity index (χ1) is 13.8. The van der Waals surface area contributed by atoms with Crippen molar-refractivity contribution >= 4 is 5.91 Å². The average Bonchev–Trinajstić information content (AvgIpc) is 3.11. The summed E-state index contributed by atoms with van der Waals surface area (Å²) in [4.78, 5) is 16.6. The number of hydrogen-bond donors (Lipinski definition) is 1. The fourth-order valence-electron chi connectivity index (χ4n) is 3.36. The molecule has 1 atom stereocenters. The van der Waals surface area contributed by atoms with E-state index in [4.69, 9.17) is 9.26 Å². The summed E-state index contributed by atoms with van der Waals surface area (Å²) < 4.78 is 11.1. The molecule has 1 aliphatic heterocycles. The Bertz CT molecular complexity index is 924. The lowest BCUT2D eigenvalue weighted by molar-refractivity contribution is -0.121. The third-order valence-electron chi connectivity index (χ3n) is 4.92. The molecule has 1 aromatic heterocycles. The summed E-state index contributed by atoms with van der Waals surface area (Å²) in [6, 6.07) is 17.8. The van der Waals surface area contributed by atoms with Crippen molar-refractivity contribution in [3.63, 3.8) is 0 Å². The van der Waals surface area contributed by atoms with Crippen LogP contribution in [-0.2, 0) is 17.6 Å². The maximum atomic E-state index is 12.2.